The van der Waals surface area contributed by atoms with Gasteiger partial charge in [0, 0.05) is 10.7 Å². The van der Waals surface area contributed by atoms with Gasteiger partial charge in [0.2, 0.25) is 15.9 Å². The van der Waals surface area contributed by atoms with Crippen molar-refractivity contribution in [3.8, 4) is 0 Å². The Morgan fingerprint density at radius 2 is 1.68 bits per heavy atom. The summed E-state index contributed by atoms with van der Waals surface area (Å²) in [5, 5.41) is 11.1. The minimum absolute atomic E-state index is 0.0177. The molecule has 0 bridgehead atoms. The predicted octanol–water partition coefficient (Wildman–Crippen LogP) is 3.47. The zero-order chi connectivity index (χ0) is 22.6. The maximum absolute atomic E-state index is 12.6. The summed E-state index contributed by atoms with van der Waals surface area (Å²) in [5.41, 5.74) is 0.889. The summed E-state index contributed by atoms with van der Waals surface area (Å²) in [7, 11) is -4.27. The van der Waals surface area contributed by atoms with Crippen LogP contribution in [0.2, 0.25) is 10.2 Å². The monoisotopic (exact) mass is 478 g/mol. The number of anilines is 2. The highest BCUT2D eigenvalue weighted by atomic mass is 35.5. The lowest BCUT2D eigenvalue weighted by Gasteiger charge is -2.12. The van der Waals surface area contributed by atoms with Crippen molar-refractivity contribution < 1.29 is 18.0 Å². The second kappa shape index (κ2) is 9.44. The van der Waals surface area contributed by atoms with E-state index in [-0.39, 0.29) is 22.8 Å². The number of aromatic nitrogens is 1. The second-order valence-corrected chi connectivity index (χ2v) is 8.72. The fourth-order valence-electron chi connectivity index (χ4n) is 2.69. The summed E-state index contributed by atoms with van der Waals surface area (Å²) in [6, 6.07) is 13.6. The molecule has 3 rings (SSSR count). The minimum atomic E-state index is -4.27. The molecular formula is C20H16Cl2N4O4S. The van der Waals surface area contributed by atoms with Crippen LogP contribution in [-0.2, 0) is 21.2 Å². The molecular weight excluding hydrogens is 463 g/mol. The van der Waals surface area contributed by atoms with Crippen LogP contribution in [0.5, 0.6) is 0 Å². The van der Waals surface area contributed by atoms with Crippen molar-refractivity contribution in [3.05, 3.63) is 82.1 Å². The number of nitrogens with zero attached hydrogens (tertiary/aromatic N) is 1. The molecule has 2 aromatic carbocycles. The van der Waals surface area contributed by atoms with Crippen LogP contribution >= 0.6 is 23.2 Å². The smallest absolute Gasteiger partial charge is 0.257 e. The number of rotatable bonds is 6. The van der Waals surface area contributed by atoms with Gasteiger partial charge in [-0.1, -0.05) is 41.4 Å². The van der Waals surface area contributed by atoms with E-state index in [0.29, 0.717) is 16.3 Å². The fraction of sp³-hybridized carbons (Fsp3) is 0.0500. The largest absolute Gasteiger partial charge is 0.326 e. The van der Waals surface area contributed by atoms with Gasteiger partial charge in [0.05, 0.1) is 28.8 Å². The Balaban J connectivity index is 1.83. The van der Waals surface area contributed by atoms with Gasteiger partial charge in [-0.15, -0.1) is 0 Å². The first-order valence-electron chi connectivity index (χ1n) is 8.76. The number of carbonyl (C=O) groups is 2. The van der Waals surface area contributed by atoms with E-state index in [4.69, 9.17) is 28.3 Å². The molecule has 160 valence electrons. The average Bonchev–Trinajstić information content (AvgIpc) is 2.70. The number of sulfonamides is 1. The fourth-order valence-corrected chi connectivity index (χ4v) is 3.76. The van der Waals surface area contributed by atoms with Crippen molar-refractivity contribution in [3.63, 3.8) is 0 Å². The Bertz CT molecular complexity index is 1250. The zero-order valence-corrected chi connectivity index (χ0v) is 18.1. The summed E-state index contributed by atoms with van der Waals surface area (Å²) < 4.78 is 24.1. The highest BCUT2D eigenvalue weighted by molar-refractivity contribution is 7.89. The molecule has 1 aromatic heterocycles. The number of halogens is 2. The molecule has 0 aliphatic heterocycles. The van der Waals surface area contributed by atoms with E-state index in [1.165, 1.54) is 30.5 Å². The number of benzene rings is 2. The van der Waals surface area contributed by atoms with E-state index < -0.39 is 26.7 Å². The van der Waals surface area contributed by atoms with Gasteiger partial charge in [0.25, 0.3) is 5.91 Å². The van der Waals surface area contributed by atoms with E-state index in [2.05, 4.69) is 15.6 Å². The van der Waals surface area contributed by atoms with Gasteiger partial charge in [-0.2, -0.15) is 0 Å². The SMILES string of the molecule is NS(=O)(=O)c1cc(NC(=O)Cc2ccccc2Cl)ccc1C(=O)Nc1ccc(Cl)nc1. The van der Waals surface area contributed by atoms with Crippen LogP contribution in [0.25, 0.3) is 0 Å². The van der Waals surface area contributed by atoms with Gasteiger partial charge < -0.3 is 10.6 Å². The van der Waals surface area contributed by atoms with Crippen LogP contribution in [0.1, 0.15) is 15.9 Å². The number of pyridine rings is 1. The molecule has 1 heterocycles. The van der Waals surface area contributed by atoms with Crippen LogP contribution in [-0.4, -0.2) is 25.2 Å². The Labute approximate surface area is 188 Å². The van der Waals surface area contributed by atoms with Crippen LogP contribution in [0, 0.1) is 0 Å². The molecule has 4 N–H and O–H groups in total. The molecule has 0 fully saturated rings. The second-order valence-electron chi connectivity index (χ2n) is 6.40. The molecule has 0 saturated carbocycles. The molecule has 0 aliphatic carbocycles. The Morgan fingerprint density at radius 1 is 0.968 bits per heavy atom. The van der Waals surface area contributed by atoms with Crippen LogP contribution in [0.3, 0.4) is 0 Å². The van der Waals surface area contributed by atoms with E-state index in [1.54, 1.807) is 24.3 Å². The molecule has 0 saturated heterocycles. The minimum Gasteiger partial charge on any atom is -0.326 e. The van der Waals surface area contributed by atoms with E-state index >= 15 is 0 Å². The summed E-state index contributed by atoms with van der Waals surface area (Å²) in [5.74, 6) is -1.14. The summed E-state index contributed by atoms with van der Waals surface area (Å²) in [6.07, 6.45) is 1.30. The molecule has 0 atom stereocenters. The van der Waals surface area contributed by atoms with Crippen molar-refractivity contribution in [2.75, 3.05) is 10.6 Å². The van der Waals surface area contributed by atoms with Gasteiger partial charge in [0.15, 0.2) is 0 Å². The lowest BCUT2D eigenvalue weighted by molar-refractivity contribution is -0.115. The number of carbonyl (C=O) groups excluding carboxylic acids is 2. The highest BCUT2D eigenvalue weighted by Gasteiger charge is 2.21. The normalized spacial score (nSPS) is 11.1. The highest BCUT2D eigenvalue weighted by Crippen LogP contribution is 2.22. The van der Waals surface area contributed by atoms with Gasteiger partial charge in [-0.05, 0) is 42.0 Å². The summed E-state index contributed by atoms with van der Waals surface area (Å²) >= 11 is 11.8. The topological polar surface area (TPSA) is 131 Å². The van der Waals surface area contributed by atoms with Gasteiger partial charge in [-0.3, -0.25) is 9.59 Å². The van der Waals surface area contributed by atoms with E-state index in [1.807, 2.05) is 0 Å². The van der Waals surface area contributed by atoms with Crippen molar-refractivity contribution in [1.29, 1.82) is 0 Å². The molecule has 31 heavy (non-hydrogen) atoms. The zero-order valence-electron chi connectivity index (χ0n) is 15.8. The third-order valence-corrected chi connectivity index (χ3v) is 5.65. The van der Waals surface area contributed by atoms with Crippen LogP contribution in [0.15, 0.2) is 65.7 Å². The number of nitrogens with two attached hydrogens (primary N) is 1. The number of primary sulfonamides is 1. The number of hydrogen-bond donors (Lipinski definition) is 3. The van der Waals surface area contributed by atoms with Crippen molar-refractivity contribution in [1.82, 2.24) is 4.98 Å². The van der Waals surface area contributed by atoms with Crippen molar-refractivity contribution in [2.45, 2.75) is 11.3 Å². The molecule has 11 heteroatoms. The van der Waals surface area contributed by atoms with Gasteiger partial charge >= 0.3 is 0 Å². The third-order valence-electron chi connectivity index (χ3n) is 4.11. The van der Waals surface area contributed by atoms with Crippen LogP contribution < -0.4 is 15.8 Å². The maximum atomic E-state index is 12.6. The lowest BCUT2D eigenvalue weighted by Crippen LogP contribution is -2.21. The third kappa shape index (κ3) is 6.02. The van der Waals surface area contributed by atoms with Gasteiger partial charge in [-0.25, -0.2) is 18.5 Å². The molecule has 2 amide bonds. The Hall–Kier alpha value is -2.98. The molecule has 0 spiro atoms. The quantitative estimate of drug-likeness (QED) is 0.466. The average molecular weight is 479 g/mol. The lowest BCUT2D eigenvalue weighted by atomic mass is 10.1. The van der Waals surface area contributed by atoms with Crippen molar-refractivity contribution >= 4 is 56.4 Å². The standard InChI is InChI=1S/C20H16Cl2N4O4S/c21-16-4-2-1-3-12(16)9-19(27)25-13-5-7-15(17(10-13)31(23,29)30)20(28)26-14-6-8-18(22)24-11-14/h1-8,10-11H,9H2,(H,25,27)(H,26,28)(H2,23,29,30). The first-order chi connectivity index (χ1) is 14.6. The number of nitrogens with one attached hydrogen (secondary N) is 2. The Morgan fingerprint density at radius 3 is 2.32 bits per heavy atom. The van der Waals surface area contributed by atoms with Crippen LogP contribution in [0.4, 0.5) is 11.4 Å². The maximum Gasteiger partial charge on any atom is 0.257 e. The number of amides is 2. The molecule has 0 aliphatic rings. The molecule has 0 unspecified atom stereocenters. The van der Waals surface area contributed by atoms with Crippen molar-refractivity contribution in [2.24, 2.45) is 5.14 Å². The Kier molecular flexibility index (Phi) is 6.91. The molecule has 3 aromatic rings. The van der Waals surface area contributed by atoms with E-state index in [0.717, 1.165) is 6.07 Å². The summed E-state index contributed by atoms with van der Waals surface area (Å²) in [6.45, 7) is 0. The predicted molar refractivity (Wildman–Crippen MR) is 119 cm³/mol. The first-order valence-corrected chi connectivity index (χ1v) is 11.1. The molecule has 0 radical (unpaired) electrons. The summed E-state index contributed by atoms with van der Waals surface area (Å²) in [4.78, 5) is 28.3. The molecule has 8 nitrogen and oxygen atoms in total. The van der Waals surface area contributed by atoms with Gasteiger partial charge in [0.1, 0.15) is 5.15 Å². The van der Waals surface area contributed by atoms with E-state index in [9.17, 15) is 18.0 Å². The first kappa shape index (κ1) is 22.7. The number of hydrogen-bond acceptors (Lipinski definition) is 5.